The largest absolute Gasteiger partial charge is 0.480 e. The Morgan fingerprint density at radius 1 is 0.520 bits per heavy atom. The maximum Gasteiger partial charge on any atom is 0.318 e. The smallest absolute Gasteiger partial charge is 0.318 e. The van der Waals surface area contributed by atoms with Gasteiger partial charge in [0.25, 0.3) is 0 Å². The molecule has 50 heavy (non-hydrogen) atoms. The molecule has 0 heterocycles. The van der Waals surface area contributed by atoms with Crippen molar-refractivity contribution in [3.05, 3.63) is 69.9 Å². The van der Waals surface area contributed by atoms with Crippen LogP contribution in [0.2, 0.25) is 0 Å². The molecule has 5 heteroatoms. The maximum absolute atomic E-state index is 14.6. The lowest BCUT2D eigenvalue weighted by molar-refractivity contribution is -0.144. The number of carboxylic acid groups (broad SMARTS) is 1. The summed E-state index contributed by atoms with van der Waals surface area (Å²) < 4.78 is 0. The summed E-state index contributed by atoms with van der Waals surface area (Å²) in [6.45, 7) is 37.3. The van der Waals surface area contributed by atoms with Crippen LogP contribution in [0.1, 0.15) is 150 Å². The van der Waals surface area contributed by atoms with Crippen LogP contribution in [0.3, 0.4) is 0 Å². The van der Waals surface area contributed by atoms with Gasteiger partial charge in [-0.15, -0.1) is 0 Å². The molecule has 4 N–H and O–H groups in total. The van der Waals surface area contributed by atoms with Gasteiger partial charge in [-0.3, -0.25) is 4.79 Å². The summed E-state index contributed by atoms with van der Waals surface area (Å²) in [5.74, 6) is -0.964. The standard InChI is InChI=1S/C45H72O5/c1-36(2,3)32-26-42(48,39(10,11)12)22-19-29(32)25-45(35(46)47,30-20-23-43(49,40(13,14)15)27-33(30)37(4,5)6)31-21-24-44(50,41(16,17)18)28-34(31)38(7,8)9/h19-24,48-50H,25-28H2,1-18H3,(H,46,47). The lowest BCUT2D eigenvalue weighted by atomic mass is 9.55. The number of aliphatic hydroxyl groups is 3. The first-order chi connectivity index (χ1) is 22.0. The van der Waals surface area contributed by atoms with Crippen LogP contribution in [0.4, 0.5) is 0 Å². The van der Waals surface area contributed by atoms with Gasteiger partial charge in [-0.2, -0.15) is 0 Å². The Bertz CT molecular complexity index is 1480. The van der Waals surface area contributed by atoms with Gasteiger partial charge in [-0.05, 0) is 55.6 Å². The SMILES string of the molecule is CC(C)(C)C1=C(CC(C(=O)O)(C2=C(C(C)(C)C)CC(O)(C(C)(C)C)C=C2)C2=C(C(C)(C)C)CC(O)(C(C)(C)C)C=C2)C=CC(O)(C(C)(C)C)C1. The molecule has 3 aliphatic rings. The van der Waals surface area contributed by atoms with Crippen molar-refractivity contribution in [3.63, 3.8) is 0 Å². The van der Waals surface area contributed by atoms with Gasteiger partial charge in [0.05, 0.1) is 16.8 Å². The fraction of sp³-hybridized carbons (Fsp3) is 0.711. The number of hydrogen-bond acceptors (Lipinski definition) is 4. The minimum atomic E-state index is -1.57. The quantitative estimate of drug-likeness (QED) is 0.230. The Morgan fingerprint density at radius 3 is 1.06 bits per heavy atom. The minimum Gasteiger partial charge on any atom is -0.480 e. The Morgan fingerprint density at radius 2 is 0.800 bits per heavy atom. The highest BCUT2D eigenvalue weighted by Gasteiger charge is 2.55. The van der Waals surface area contributed by atoms with Gasteiger partial charge in [0, 0.05) is 19.3 Å². The van der Waals surface area contributed by atoms with E-state index >= 15 is 0 Å². The van der Waals surface area contributed by atoms with Gasteiger partial charge >= 0.3 is 5.97 Å². The molecule has 3 unspecified atom stereocenters. The molecule has 0 saturated carbocycles. The third-order valence-corrected chi connectivity index (χ3v) is 12.3. The Hall–Kier alpha value is -2.21. The molecule has 3 aliphatic carbocycles. The fourth-order valence-electron chi connectivity index (χ4n) is 7.80. The molecule has 3 rings (SSSR count). The minimum absolute atomic E-state index is 0.159. The van der Waals surface area contributed by atoms with Gasteiger partial charge < -0.3 is 20.4 Å². The molecule has 5 nitrogen and oxygen atoms in total. The van der Waals surface area contributed by atoms with E-state index in [0.29, 0.717) is 30.4 Å². The van der Waals surface area contributed by atoms with E-state index in [-0.39, 0.29) is 11.8 Å². The molecule has 0 saturated heterocycles. The summed E-state index contributed by atoms with van der Waals surface area (Å²) in [5, 5.41) is 48.2. The molecule has 0 bridgehead atoms. The molecular formula is C45H72O5. The van der Waals surface area contributed by atoms with Gasteiger partial charge in [-0.1, -0.05) is 178 Å². The number of hydrogen-bond donors (Lipinski definition) is 4. The molecule has 0 spiro atoms. The Balaban J connectivity index is 2.62. The lowest BCUT2D eigenvalue weighted by Gasteiger charge is -2.50. The number of allylic oxidation sites excluding steroid dienone is 4. The van der Waals surface area contributed by atoms with Crippen molar-refractivity contribution in [1.29, 1.82) is 0 Å². The molecule has 0 aromatic rings. The zero-order valence-corrected chi connectivity index (χ0v) is 35.0. The monoisotopic (exact) mass is 693 g/mol. The average molecular weight is 693 g/mol. The second kappa shape index (κ2) is 12.4. The van der Waals surface area contributed by atoms with Crippen molar-refractivity contribution in [2.45, 2.75) is 167 Å². The van der Waals surface area contributed by atoms with Gasteiger partial charge in [0.15, 0.2) is 0 Å². The van der Waals surface area contributed by atoms with E-state index in [1.54, 1.807) is 0 Å². The zero-order valence-electron chi connectivity index (χ0n) is 35.0. The average Bonchev–Trinajstić information content (AvgIpc) is 2.89. The van der Waals surface area contributed by atoms with Crippen LogP contribution in [0.5, 0.6) is 0 Å². The Labute approximate surface area is 305 Å². The maximum atomic E-state index is 14.6. The third kappa shape index (κ3) is 7.48. The van der Waals surface area contributed by atoms with E-state index in [0.717, 1.165) is 22.3 Å². The molecule has 0 radical (unpaired) electrons. The van der Waals surface area contributed by atoms with Crippen molar-refractivity contribution in [3.8, 4) is 0 Å². The molecule has 3 atom stereocenters. The van der Waals surface area contributed by atoms with Gasteiger partial charge in [0.2, 0.25) is 0 Å². The molecule has 0 aromatic carbocycles. The highest BCUT2D eigenvalue weighted by atomic mass is 16.4. The van der Waals surface area contributed by atoms with Crippen LogP contribution in [0.25, 0.3) is 0 Å². The van der Waals surface area contributed by atoms with Crippen molar-refractivity contribution in [2.24, 2.45) is 37.9 Å². The Kier molecular flexibility index (Phi) is 10.5. The predicted molar refractivity (Wildman–Crippen MR) is 209 cm³/mol. The summed E-state index contributed by atoms with van der Waals surface area (Å²) in [4.78, 5) is 14.6. The van der Waals surface area contributed by atoms with Crippen molar-refractivity contribution < 1.29 is 25.2 Å². The van der Waals surface area contributed by atoms with E-state index in [1.807, 2.05) is 98.8 Å². The summed E-state index contributed by atoms with van der Waals surface area (Å²) in [5.41, 5.74) is -2.58. The summed E-state index contributed by atoms with van der Waals surface area (Å²) >= 11 is 0. The molecule has 0 aromatic heterocycles. The van der Waals surface area contributed by atoms with Crippen molar-refractivity contribution in [1.82, 2.24) is 0 Å². The summed E-state index contributed by atoms with van der Waals surface area (Å²) in [7, 11) is 0. The first-order valence-electron chi connectivity index (χ1n) is 18.7. The number of carbonyl (C=O) groups is 1. The van der Waals surface area contributed by atoms with Gasteiger partial charge in [-0.25, -0.2) is 0 Å². The van der Waals surface area contributed by atoms with Crippen LogP contribution in [0.15, 0.2) is 69.9 Å². The lowest BCUT2D eigenvalue weighted by Crippen LogP contribution is -2.49. The topological polar surface area (TPSA) is 98.0 Å². The highest BCUT2D eigenvalue weighted by Crippen LogP contribution is 2.59. The second-order valence-corrected chi connectivity index (χ2v) is 22.0. The zero-order chi connectivity index (χ0) is 39.1. The van der Waals surface area contributed by atoms with Crippen LogP contribution in [-0.2, 0) is 4.79 Å². The molecule has 282 valence electrons. The first-order valence-corrected chi connectivity index (χ1v) is 18.7. The molecular weight excluding hydrogens is 620 g/mol. The van der Waals surface area contributed by atoms with E-state index in [4.69, 9.17) is 0 Å². The van der Waals surface area contributed by atoms with Crippen LogP contribution in [-0.4, -0.2) is 43.2 Å². The molecule has 0 amide bonds. The second-order valence-electron chi connectivity index (χ2n) is 22.0. The molecule has 0 aliphatic heterocycles. The summed E-state index contributed by atoms with van der Waals surface area (Å²) in [6.07, 6.45) is 12.5. The third-order valence-electron chi connectivity index (χ3n) is 12.3. The van der Waals surface area contributed by atoms with Crippen LogP contribution < -0.4 is 0 Å². The van der Waals surface area contributed by atoms with Crippen molar-refractivity contribution >= 4 is 5.97 Å². The van der Waals surface area contributed by atoms with E-state index in [1.165, 1.54) is 0 Å². The number of aliphatic carboxylic acids is 1. The van der Waals surface area contributed by atoms with E-state index < -0.39 is 55.3 Å². The predicted octanol–water partition coefficient (Wildman–Crippen LogP) is 10.7. The normalized spacial score (nSPS) is 28.8. The van der Waals surface area contributed by atoms with E-state index in [9.17, 15) is 25.2 Å². The summed E-state index contributed by atoms with van der Waals surface area (Å²) in [6, 6.07) is 0. The fourth-order valence-corrected chi connectivity index (χ4v) is 7.80. The molecule has 0 fully saturated rings. The highest BCUT2D eigenvalue weighted by molar-refractivity contribution is 5.87. The number of rotatable bonds is 5. The van der Waals surface area contributed by atoms with E-state index in [2.05, 4.69) is 62.3 Å². The number of carboxylic acids is 1. The van der Waals surface area contributed by atoms with Crippen LogP contribution in [0, 0.1) is 37.9 Å². The van der Waals surface area contributed by atoms with Gasteiger partial charge in [0.1, 0.15) is 5.41 Å². The first kappa shape index (κ1) is 42.2. The van der Waals surface area contributed by atoms with Crippen molar-refractivity contribution in [2.75, 3.05) is 0 Å². The van der Waals surface area contributed by atoms with Crippen LogP contribution >= 0.6 is 0 Å².